The van der Waals surface area contributed by atoms with Gasteiger partial charge in [-0.3, -0.25) is 10.1 Å². The fraction of sp³-hybridized carbons (Fsp3) is 0.929. The van der Waals surface area contributed by atoms with Gasteiger partial charge in [0.1, 0.15) is 0 Å². The molecule has 1 heterocycles. The van der Waals surface area contributed by atoms with E-state index in [-0.39, 0.29) is 6.04 Å². The largest absolute Gasteiger partial charge is 0.328 e. The van der Waals surface area contributed by atoms with E-state index in [1.807, 2.05) is 4.90 Å². The molecule has 1 saturated carbocycles. The predicted molar refractivity (Wildman–Crippen MR) is 69.5 cm³/mol. The lowest BCUT2D eigenvalue weighted by Crippen LogP contribution is -2.35. The van der Waals surface area contributed by atoms with E-state index in [4.69, 9.17) is 0 Å². The summed E-state index contributed by atoms with van der Waals surface area (Å²) >= 11 is 0. The molecule has 0 radical (unpaired) electrons. The first-order valence-corrected chi connectivity index (χ1v) is 7.26. The van der Waals surface area contributed by atoms with Crippen molar-refractivity contribution in [2.75, 3.05) is 13.2 Å². The summed E-state index contributed by atoms with van der Waals surface area (Å²) in [6, 6.07) is 0.0852. The summed E-state index contributed by atoms with van der Waals surface area (Å²) in [6.45, 7) is 6.13. The summed E-state index contributed by atoms with van der Waals surface area (Å²) in [5.41, 5.74) is 0. The number of amides is 1. The third-order valence-corrected chi connectivity index (χ3v) is 4.57. The predicted octanol–water partition coefficient (Wildman–Crippen LogP) is 2.37. The summed E-state index contributed by atoms with van der Waals surface area (Å²) in [6.07, 6.45) is 7.62. The molecule has 1 saturated heterocycles. The second kappa shape index (κ2) is 5.85. The van der Waals surface area contributed by atoms with E-state index >= 15 is 0 Å². The lowest BCUT2D eigenvalue weighted by molar-refractivity contribution is -0.129. The van der Waals surface area contributed by atoms with Gasteiger partial charge in [0.15, 0.2) is 0 Å². The molecule has 2 fully saturated rings. The maximum Gasteiger partial charge on any atom is 0.240 e. The van der Waals surface area contributed by atoms with Crippen LogP contribution >= 0.6 is 0 Å². The summed E-state index contributed by atoms with van der Waals surface area (Å²) in [4.78, 5) is 14.0. The molecule has 0 aromatic rings. The Morgan fingerprint density at radius 3 is 2.29 bits per heavy atom. The third-order valence-electron chi connectivity index (χ3n) is 4.57. The molecule has 0 aromatic heterocycles. The molecular weight excluding hydrogens is 212 g/mol. The maximum atomic E-state index is 12.0. The molecule has 0 spiro atoms. The lowest BCUT2D eigenvalue weighted by atomic mass is 9.80. The average Bonchev–Trinajstić information content (AvgIpc) is 2.71. The SMILES string of the molecule is CCC1CCC(CN2CNC(CC)C2=O)CC1. The van der Waals surface area contributed by atoms with Crippen molar-refractivity contribution in [1.29, 1.82) is 0 Å². The minimum absolute atomic E-state index is 0.0852. The first kappa shape index (κ1) is 12.9. The van der Waals surface area contributed by atoms with E-state index in [2.05, 4.69) is 19.2 Å². The van der Waals surface area contributed by atoms with Crippen LogP contribution < -0.4 is 5.32 Å². The number of rotatable bonds is 4. The lowest BCUT2D eigenvalue weighted by Gasteiger charge is -2.30. The topological polar surface area (TPSA) is 32.3 Å². The standard InChI is InChI=1S/C14H26N2O/c1-3-11-5-7-12(8-6-11)9-16-10-15-13(4-2)14(16)17/h11-13,15H,3-10H2,1-2H3. The number of carbonyl (C=O) groups excluding carboxylic acids is 1. The fourth-order valence-corrected chi connectivity index (χ4v) is 3.21. The van der Waals surface area contributed by atoms with Gasteiger partial charge in [0.25, 0.3) is 0 Å². The van der Waals surface area contributed by atoms with E-state index < -0.39 is 0 Å². The van der Waals surface area contributed by atoms with Crippen LogP contribution in [-0.2, 0) is 4.79 Å². The van der Waals surface area contributed by atoms with Crippen molar-refractivity contribution in [3.05, 3.63) is 0 Å². The summed E-state index contributed by atoms with van der Waals surface area (Å²) < 4.78 is 0. The Labute approximate surface area is 105 Å². The quantitative estimate of drug-likeness (QED) is 0.815. The van der Waals surface area contributed by atoms with Crippen LogP contribution in [0.5, 0.6) is 0 Å². The van der Waals surface area contributed by atoms with Gasteiger partial charge in [-0.05, 0) is 31.1 Å². The number of nitrogens with zero attached hydrogens (tertiary/aromatic N) is 1. The summed E-state index contributed by atoms with van der Waals surface area (Å²) in [7, 11) is 0. The number of nitrogens with one attached hydrogen (secondary N) is 1. The van der Waals surface area contributed by atoms with E-state index in [9.17, 15) is 4.79 Å². The molecule has 1 amide bonds. The number of carbonyl (C=O) groups is 1. The highest BCUT2D eigenvalue weighted by Crippen LogP contribution is 2.31. The van der Waals surface area contributed by atoms with Crippen molar-refractivity contribution >= 4 is 5.91 Å². The summed E-state index contributed by atoms with van der Waals surface area (Å²) in [5, 5.41) is 3.29. The monoisotopic (exact) mass is 238 g/mol. The average molecular weight is 238 g/mol. The zero-order chi connectivity index (χ0) is 12.3. The van der Waals surface area contributed by atoms with E-state index in [1.54, 1.807) is 0 Å². The summed E-state index contributed by atoms with van der Waals surface area (Å²) in [5.74, 6) is 2.02. The highest BCUT2D eigenvalue weighted by molar-refractivity contribution is 5.83. The van der Waals surface area contributed by atoms with Crippen LogP contribution in [0, 0.1) is 11.8 Å². The Kier molecular flexibility index (Phi) is 4.43. The van der Waals surface area contributed by atoms with E-state index in [0.29, 0.717) is 5.91 Å². The van der Waals surface area contributed by atoms with Gasteiger partial charge >= 0.3 is 0 Å². The minimum atomic E-state index is 0.0852. The number of hydrogen-bond donors (Lipinski definition) is 1. The zero-order valence-electron chi connectivity index (χ0n) is 11.2. The second-order valence-corrected chi connectivity index (χ2v) is 5.68. The Bertz CT molecular complexity index is 259. The smallest absolute Gasteiger partial charge is 0.240 e. The van der Waals surface area contributed by atoms with Gasteiger partial charge in [0.05, 0.1) is 12.7 Å². The van der Waals surface area contributed by atoms with E-state index in [1.165, 1.54) is 32.1 Å². The molecule has 1 atom stereocenters. The molecule has 98 valence electrons. The van der Waals surface area contributed by atoms with Gasteiger partial charge in [-0.2, -0.15) is 0 Å². The van der Waals surface area contributed by atoms with Crippen LogP contribution in [-0.4, -0.2) is 30.1 Å². The first-order chi connectivity index (χ1) is 8.24. The molecule has 0 aromatic carbocycles. The molecular formula is C14H26N2O. The van der Waals surface area contributed by atoms with Gasteiger partial charge in [0.2, 0.25) is 5.91 Å². The van der Waals surface area contributed by atoms with Gasteiger partial charge in [-0.25, -0.2) is 0 Å². The van der Waals surface area contributed by atoms with Crippen LogP contribution in [0.3, 0.4) is 0 Å². The van der Waals surface area contributed by atoms with Crippen LogP contribution in [0.1, 0.15) is 52.4 Å². The molecule has 3 heteroatoms. The molecule has 1 unspecified atom stereocenters. The molecule has 0 bridgehead atoms. The van der Waals surface area contributed by atoms with E-state index in [0.717, 1.165) is 31.5 Å². The van der Waals surface area contributed by atoms with Crippen molar-refractivity contribution in [2.45, 2.75) is 58.4 Å². The van der Waals surface area contributed by atoms with Crippen LogP contribution in [0.2, 0.25) is 0 Å². The maximum absolute atomic E-state index is 12.0. The molecule has 1 aliphatic heterocycles. The highest BCUT2D eigenvalue weighted by atomic mass is 16.2. The zero-order valence-corrected chi connectivity index (χ0v) is 11.2. The van der Waals surface area contributed by atoms with Gasteiger partial charge in [-0.1, -0.05) is 33.1 Å². The van der Waals surface area contributed by atoms with Gasteiger partial charge in [-0.15, -0.1) is 0 Å². The Hall–Kier alpha value is -0.570. The second-order valence-electron chi connectivity index (χ2n) is 5.68. The van der Waals surface area contributed by atoms with Crippen molar-refractivity contribution < 1.29 is 4.79 Å². The number of hydrogen-bond acceptors (Lipinski definition) is 2. The van der Waals surface area contributed by atoms with Crippen LogP contribution in [0.15, 0.2) is 0 Å². The molecule has 3 nitrogen and oxygen atoms in total. The normalized spacial score (nSPS) is 34.4. The highest BCUT2D eigenvalue weighted by Gasteiger charge is 2.31. The van der Waals surface area contributed by atoms with Gasteiger partial charge in [0, 0.05) is 6.54 Å². The Balaban J connectivity index is 1.77. The Morgan fingerprint density at radius 2 is 1.76 bits per heavy atom. The Morgan fingerprint density at radius 1 is 1.12 bits per heavy atom. The van der Waals surface area contributed by atoms with Crippen molar-refractivity contribution in [2.24, 2.45) is 11.8 Å². The fourth-order valence-electron chi connectivity index (χ4n) is 3.21. The molecule has 17 heavy (non-hydrogen) atoms. The van der Waals surface area contributed by atoms with Crippen molar-refractivity contribution in [3.63, 3.8) is 0 Å². The van der Waals surface area contributed by atoms with Crippen LogP contribution in [0.25, 0.3) is 0 Å². The van der Waals surface area contributed by atoms with Gasteiger partial charge < -0.3 is 4.90 Å². The molecule has 2 aliphatic rings. The molecule has 2 rings (SSSR count). The molecule has 1 aliphatic carbocycles. The van der Waals surface area contributed by atoms with Crippen molar-refractivity contribution in [3.8, 4) is 0 Å². The molecule has 1 N–H and O–H groups in total. The first-order valence-electron chi connectivity index (χ1n) is 7.26. The minimum Gasteiger partial charge on any atom is -0.328 e. The van der Waals surface area contributed by atoms with Crippen molar-refractivity contribution in [1.82, 2.24) is 10.2 Å². The third kappa shape index (κ3) is 3.01. The van der Waals surface area contributed by atoms with Crippen LogP contribution in [0.4, 0.5) is 0 Å².